The lowest BCUT2D eigenvalue weighted by molar-refractivity contribution is 0.292. The van der Waals surface area contributed by atoms with E-state index in [4.69, 9.17) is 22.7 Å². The summed E-state index contributed by atoms with van der Waals surface area (Å²) in [5.41, 5.74) is 8.47. The quantitative estimate of drug-likeness (QED) is 0.851. The zero-order chi connectivity index (χ0) is 13.8. The van der Waals surface area contributed by atoms with Gasteiger partial charge in [-0.05, 0) is 32.0 Å². The number of nitrogens with zero attached hydrogens (tertiary/aromatic N) is 2. The Balaban J connectivity index is 2.16. The molecule has 0 aliphatic carbocycles. The van der Waals surface area contributed by atoms with E-state index in [1.165, 1.54) is 0 Å². The van der Waals surface area contributed by atoms with Crippen molar-refractivity contribution in [3.63, 3.8) is 0 Å². The summed E-state index contributed by atoms with van der Waals surface area (Å²) in [4.78, 5) is 0.343. The number of ether oxygens (including phenoxy) is 1. The van der Waals surface area contributed by atoms with Gasteiger partial charge in [0, 0.05) is 6.54 Å². The number of thiocarbonyl (C=S) groups is 1. The summed E-state index contributed by atoms with van der Waals surface area (Å²) < 4.78 is 7.74. The minimum Gasteiger partial charge on any atom is -0.487 e. The highest BCUT2D eigenvalue weighted by Gasteiger charge is 2.08. The molecule has 2 rings (SSSR count). The van der Waals surface area contributed by atoms with E-state index in [0.717, 1.165) is 23.5 Å². The van der Waals surface area contributed by atoms with Gasteiger partial charge >= 0.3 is 0 Å². The Bertz CT molecular complexity index is 592. The molecule has 0 spiro atoms. The summed E-state index contributed by atoms with van der Waals surface area (Å²) in [5, 5.41) is 4.39. The summed E-state index contributed by atoms with van der Waals surface area (Å²) >= 11 is 5.01. The molecule has 4 nitrogen and oxygen atoms in total. The zero-order valence-corrected chi connectivity index (χ0v) is 11.9. The first kappa shape index (κ1) is 13.5. The number of hydrogen-bond acceptors (Lipinski definition) is 3. The van der Waals surface area contributed by atoms with Crippen molar-refractivity contribution in [3.05, 3.63) is 47.3 Å². The molecule has 0 aliphatic rings. The van der Waals surface area contributed by atoms with Gasteiger partial charge in [0.1, 0.15) is 17.3 Å². The Morgan fingerprint density at radius 3 is 2.84 bits per heavy atom. The molecular formula is C14H17N3OS. The van der Waals surface area contributed by atoms with Gasteiger partial charge in [-0.25, -0.2) is 0 Å². The lowest BCUT2D eigenvalue weighted by atomic mass is 10.2. The summed E-state index contributed by atoms with van der Waals surface area (Å²) in [6, 6.07) is 9.54. The number of aromatic nitrogens is 2. The van der Waals surface area contributed by atoms with Crippen molar-refractivity contribution in [2.24, 2.45) is 5.73 Å². The molecule has 2 aromatic rings. The van der Waals surface area contributed by atoms with Gasteiger partial charge in [0.25, 0.3) is 0 Å². The van der Waals surface area contributed by atoms with E-state index in [1.54, 1.807) is 0 Å². The largest absolute Gasteiger partial charge is 0.487 e. The zero-order valence-electron chi connectivity index (χ0n) is 11.1. The van der Waals surface area contributed by atoms with Gasteiger partial charge in [-0.1, -0.05) is 24.4 Å². The van der Waals surface area contributed by atoms with Gasteiger partial charge in [-0.15, -0.1) is 0 Å². The highest BCUT2D eigenvalue weighted by atomic mass is 32.1. The van der Waals surface area contributed by atoms with Crippen LogP contribution >= 0.6 is 12.2 Å². The molecule has 1 aromatic heterocycles. The molecule has 0 bridgehead atoms. The number of aryl methyl sites for hydroxylation is 2. The van der Waals surface area contributed by atoms with Crippen molar-refractivity contribution in [1.82, 2.24) is 9.78 Å². The second-order valence-electron chi connectivity index (χ2n) is 4.24. The van der Waals surface area contributed by atoms with Crippen molar-refractivity contribution < 1.29 is 4.74 Å². The Morgan fingerprint density at radius 1 is 1.42 bits per heavy atom. The summed E-state index contributed by atoms with van der Waals surface area (Å²) in [7, 11) is 0. The average molecular weight is 275 g/mol. The first-order chi connectivity index (χ1) is 9.11. The Hall–Kier alpha value is -1.88. The van der Waals surface area contributed by atoms with Crippen molar-refractivity contribution in [2.75, 3.05) is 0 Å². The molecule has 0 unspecified atom stereocenters. The van der Waals surface area contributed by atoms with Gasteiger partial charge < -0.3 is 10.5 Å². The Morgan fingerprint density at radius 2 is 2.16 bits per heavy atom. The van der Waals surface area contributed by atoms with Crippen LogP contribution in [-0.2, 0) is 13.2 Å². The SMILES string of the molecule is CCn1nc(C)cc1COc1ccccc1C(N)=S. The molecule has 1 aromatic carbocycles. The second kappa shape index (κ2) is 5.84. The standard InChI is InChI=1S/C14H17N3OS/c1-3-17-11(8-10(2)16-17)9-18-13-7-5-4-6-12(13)14(15)19/h4-8H,3,9H2,1-2H3,(H2,15,19). The molecule has 1 heterocycles. The molecule has 5 heteroatoms. The normalized spacial score (nSPS) is 10.4. The lowest BCUT2D eigenvalue weighted by Gasteiger charge is -2.11. The van der Waals surface area contributed by atoms with Crippen LogP contribution in [0.3, 0.4) is 0 Å². The van der Waals surface area contributed by atoms with E-state index in [1.807, 2.05) is 41.9 Å². The van der Waals surface area contributed by atoms with Crippen LogP contribution in [0.2, 0.25) is 0 Å². The molecule has 0 fully saturated rings. The van der Waals surface area contributed by atoms with Gasteiger partial charge in [-0.3, -0.25) is 4.68 Å². The smallest absolute Gasteiger partial charge is 0.130 e. The maximum atomic E-state index is 5.81. The number of para-hydroxylation sites is 1. The molecule has 0 saturated carbocycles. The highest BCUT2D eigenvalue weighted by molar-refractivity contribution is 7.80. The average Bonchev–Trinajstić information content (AvgIpc) is 2.77. The number of rotatable bonds is 5. The molecular weight excluding hydrogens is 258 g/mol. The van der Waals surface area contributed by atoms with E-state index in [9.17, 15) is 0 Å². The molecule has 0 amide bonds. The van der Waals surface area contributed by atoms with Crippen molar-refractivity contribution >= 4 is 17.2 Å². The van der Waals surface area contributed by atoms with Crippen LogP contribution in [0, 0.1) is 6.92 Å². The number of benzene rings is 1. The van der Waals surface area contributed by atoms with Crippen molar-refractivity contribution in [2.45, 2.75) is 27.0 Å². The van der Waals surface area contributed by atoms with E-state index in [-0.39, 0.29) is 0 Å². The first-order valence-corrected chi connectivity index (χ1v) is 6.57. The summed E-state index contributed by atoms with van der Waals surface area (Å²) in [5.74, 6) is 0.705. The number of nitrogens with two attached hydrogens (primary N) is 1. The maximum absolute atomic E-state index is 5.81. The Labute approximate surface area is 118 Å². The first-order valence-electron chi connectivity index (χ1n) is 6.16. The molecule has 2 N–H and O–H groups in total. The third kappa shape index (κ3) is 3.12. The van der Waals surface area contributed by atoms with Gasteiger partial charge in [0.2, 0.25) is 0 Å². The van der Waals surface area contributed by atoms with Crippen LogP contribution in [0.5, 0.6) is 5.75 Å². The van der Waals surface area contributed by atoms with E-state index in [2.05, 4.69) is 12.0 Å². The van der Waals surface area contributed by atoms with Crippen molar-refractivity contribution in [1.29, 1.82) is 0 Å². The fourth-order valence-corrected chi connectivity index (χ4v) is 2.11. The topological polar surface area (TPSA) is 53.1 Å². The van der Waals surface area contributed by atoms with Crippen LogP contribution in [0.15, 0.2) is 30.3 Å². The minimum absolute atomic E-state index is 0.343. The predicted molar refractivity (Wildman–Crippen MR) is 79.3 cm³/mol. The van der Waals surface area contributed by atoms with Crippen LogP contribution < -0.4 is 10.5 Å². The molecule has 0 radical (unpaired) electrons. The van der Waals surface area contributed by atoms with E-state index in [0.29, 0.717) is 17.3 Å². The Kier molecular flexibility index (Phi) is 4.16. The minimum atomic E-state index is 0.343. The molecule has 0 saturated heterocycles. The number of hydrogen-bond donors (Lipinski definition) is 1. The van der Waals surface area contributed by atoms with E-state index >= 15 is 0 Å². The predicted octanol–water partition coefficient (Wildman–Crippen LogP) is 2.42. The van der Waals surface area contributed by atoms with Crippen LogP contribution in [-0.4, -0.2) is 14.8 Å². The van der Waals surface area contributed by atoms with E-state index < -0.39 is 0 Å². The summed E-state index contributed by atoms with van der Waals surface area (Å²) in [6.07, 6.45) is 0. The maximum Gasteiger partial charge on any atom is 0.130 e. The van der Waals surface area contributed by atoms with Crippen LogP contribution in [0.1, 0.15) is 23.9 Å². The van der Waals surface area contributed by atoms with Gasteiger partial charge in [-0.2, -0.15) is 5.10 Å². The van der Waals surface area contributed by atoms with Crippen LogP contribution in [0.25, 0.3) is 0 Å². The van der Waals surface area contributed by atoms with Gasteiger partial charge in [0.05, 0.1) is 17.0 Å². The second-order valence-corrected chi connectivity index (χ2v) is 4.68. The molecule has 0 atom stereocenters. The lowest BCUT2D eigenvalue weighted by Crippen LogP contribution is -2.12. The fourth-order valence-electron chi connectivity index (χ4n) is 1.94. The summed E-state index contributed by atoms with van der Waals surface area (Å²) in [6.45, 7) is 5.30. The molecule has 0 aliphatic heterocycles. The van der Waals surface area contributed by atoms with Crippen molar-refractivity contribution in [3.8, 4) is 5.75 Å². The molecule has 100 valence electrons. The molecule has 19 heavy (non-hydrogen) atoms. The monoisotopic (exact) mass is 275 g/mol. The van der Waals surface area contributed by atoms with Crippen LogP contribution in [0.4, 0.5) is 0 Å². The third-order valence-electron chi connectivity index (χ3n) is 2.81. The van der Waals surface area contributed by atoms with Gasteiger partial charge in [0.15, 0.2) is 0 Å². The fraction of sp³-hybridized carbons (Fsp3) is 0.286. The highest BCUT2D eigenvalue weighted by Crippen LogP contribution is 2.19. The third-order valence-corrected chi connectivity index (χ3v) is 3.03.